The van der Waals surface area contributed by atoms with Crippen molar-refractivity contribution in [3.05, 3.63) is 22.7 Å². The van der Waals surface area contributed by atoms with Gasteiger partial charge in [-0.25, -0.2) is 0 Å². The summed E-state index contributed by atoms with van der Waals surface area (Å²) in [5, 5.41) is 3.11. The standard InChI is InChI=1S/C11H12Br2N2O/c1-14-9-4-7(12)2-3-10(9)15-6-8(13)5-11(15)16/h2-4,8,14H,5-6H2,1H3. The molecular formula is C11H12Br2N2O. The van der Waals surface area contributed by atoms with E-state index in [-0.39, 0.29) is 10.7 Å². The van der Waals surface area contributed by atoms with E-state index >= 15 is 0 Å². The Morgan fingerprint density at radius 2 is 2.25 bits per heavy atom. The van der Waals surface area contributed by atoms with Gasteiger partial charge in [0.15, 0.2) is 0 Å². The zero-order valence-corrected chi connectivity index (χ0v) is 12.0. The van der Waals surface area contributed by atoms with E-state index < -0.39 is 0 Å². The zero-order valence-electron chi connectivity index (χ0n) is 8.84. The first-order valence-corrected chi connectivity index (χ1v) is 6.74. The molecule has 0 saturated carbocycles. The second kappa shape index (κ2) is 4.75. The van der Waals surface area contributed by atoms with Crippen LogP contribution in [0.1, 0.15) is 6.42 Å². The largest absolute Gasteiger partial charge is 0.386 e. The van der Waals surface area contributed by atoms with Gasteiger partial charge in [0.1, 0.15) is 0 Å². The summed E-state index contributed by atoms with van der Waals surface area (Å²) in [6.45, 7) is 0.731. The van der Waals surface area contributed by atoms with Crippen LogP contribution in [0.4, 0.5) is 11.4 Å². The number of hydrogen-bond donors (Lipinski definition) is 1. The predicted molar refractivity (Wildman–Crippen MR) is 73.4 cm³/mol. The Kier molecular flexibility index (Phi) is 3.54. The fourth-order valence-corrected chi connectivity index (χ4v) is 2.77. The molecule has 1 aliphatic rings. The van der Waals surface area contributed by atoms with Crippen LogP contribution in [0.15, 0.2) is 22.7 Å². The number of nitrogens with zero attached hydrogens (tertiary/aromatic N) is 1. The molecule has 1 N–H and O–H groups in total. The second-order valence-electron chi connectivity index (χ2n) is 3.72. The summed E-state index contributed by atoms with van der Waals surface area (Å²) in [6, 6.07) is 5.88. The van der Waals surface area contributed by atoms with E-state index in [2.05, 4.69) is 37.2 Å². The predicted octanol–water partition coefficient (Wildman–Crippen LogP) is 2.99. The van der Waals surface area contributed by atoms with Crippen LogP contribution in [-0.2, 0) is 4.79 Å². The van der Waals surface area contributed by atoms with E-state index in [0.717, 1.165) is 22.4 Å². The van der Waals surface area contributed by atoms with Crippen molar-refractivity contribution < 1.29 is 4.79 Å². The minimum Gasteiger partial charge on any atom is -0.386 e. The number of amides is 1. The third-order valence-corrected chi connectivity index (χ3v) is 3.70. The van der Waals surface area contributed by atoms with Gasteiger partial charge in [-0.05, 0) is 18.2 Å². The van der Waals surface area contributed by atoms with Gasteiger partial charge in [-0.2, -0.15) is 0 Å². The number of carbonyl (C=O) groups excluding carboxylic acids is 1. The van der Waals surface area contributed by atoms with Gasteiger partial charge in [0.2, 0.25) is 5.91 Å². The molecule has 0 aromatic heterocycles. The second-order valence-corrected chi connectivity index (χ2v) is 5.93. The van der Waals surface area contributed by atoms with E-state index in [1.165, 1.54) is 0 Å². The van der Waals surface area contributed by atoms with Crippen LogP contribution in [0.5, 0.6) is 0 Å². The molecule has 1 heterocycles. The normalized spacial score (nSPS) is 20.3. The summed E-state index contributed by atoms with van der Waals surface area (Å²) in [7, 11) is 1.86. The number of benzene rings is 1. The van der Waals surface area contributed by atoms with Crippen LogP contribution in [0, 0.1) is 0 Å². The maximum absolute atomic E-state index is 11.8. The average molecular weight is 348 g/mol. The molecule has 1 aliphatic heterocycles. The Bertz CT molecular complexity index is 422. The average Bonchev–Trinajstić information content (AvgIpc) is 2.57. The van der Waals surface area contributed by atoms with Gasteiger partial charge in [0.25, 0.3) is 0 Å². The van der Waals surface area contributed by atoms with Gasteiger partial charge in [-0.1, -0.05) is 31.9 Å². The van der Waals surface area contributed by atoms with Crippen LogP contribution < -0.4 is 10.2 Å². The first kappa shape index (κ1) is 11.9. The molecule has 86 valence electrons. The highest BCUT2D eigenvalue weighted by Crippen LogP contribution is 2.33. The molecule has 16 heavy (non-hydrogen) atoms. The molecule has 1 aromatic rings. The van der Waals surface area contributed by atoms with Crippen molar-refractivity contribution in [1.29, 1.82) is 0 Å². The maximum atomic E-state index is 11.8. The summed E-state index contributed by atoms with van der Waals surface area (Å²) < 4.78 is 1.00. The van der Waals surface area contributed by atoms with Crippen molar-refractivity contribution in [2.75, 3.05) is 23.8 Å². The highest BCUT2D eigenvalue weighted by atomic mass is 79.9. The number of nitrogens with one attached hydrogen (secondary N) is 1. The molecule has 0 spiro atoms. The summed E-state index contributed by atoms with van der Waals surface area (Å²) in [5.41, 5.74) is 1.90. The Morgan fingerprint density at radius 3 is 2.81 bits per heavy atom. The lowest BCUT2D eigenvalue weighted by Gasteiger charge is -2.19. The number of hydrogen-bond acceptors (Lipinski definition) is 2. The maximum Gasteiger partial charge on any atom is 0.228 e. The molecule has 0 bridgehead atoms. The van der Waals surface area contributed by atoms with Crippen molar-refractivity contribution in [3.8, 4) is 0 Å². The molecule has 2 rings (SSSR count). The van der Waals surface area contributed by atoms with Crippen molar-refractivity contribution in [1.82, 2.24) is 0 Å². The highest BCUT2D eigenvalue weighted by molar-refractivity contribution is 9.10. The van der Waals surface area contributed by atoms with Gasteiger partial charge < -0.3 is 10.2 Å². The first-order valence-electron chi connectivity index (χ1n) is 5.03. The lowest BCUT2D eigenvalue weighted by molar-refractivity contribution is -0.117. The van der Waals surface area contributed by atoms with E-state index in [4.69, 9.17) is 0 Å². The molecule has 5 heteroatoms. The van der Waals surface area contributed by atoms with Crippen molar-refractivity contribution in [2.24, 2.45) is 0 Å². The topological polar surface area (TPSA) is 32.3 Å². The quantitative estimate of drug-likeness (QED) is 0.834. The molecule has 1 saturated heterocycles. The number of rotatable bonds is 2. The summed E-state index contributed by atoms with van der Waals surface area (Å²) in [5.74, 6) is 0.167. The van der Waals surface area contributed by atoms with Crippen LogP contribution in [0.3, 0.4) is 0 Å². The summed E-state index contributed by atoms with van der Waals surface area (Å²) >= 11 is 6.91. The molecule has 1 aromatic carbocycles. The van der Waals surface area contributed by atoms with E-state index in [1.54, 1.807) is 0 Å². The van der Waals surface area contributed by atoms with Gasteiger partial charge in [0, 0.05) is 29.3 Å². The van der Waals surface area contributed by atoms with Crippen molar-refractivity contribution in [2.45, 2.75) is 11.2 Å². The highest BCUT2D eigenvalue weighted by Gasteiger charge is 2.29. The fraction of sp³-hybridized carbons (Fsp3) is 0.364. The summed E-state index contributed by atoms with van der Waals surface area (Å²) in [4.78, 5) is 13.9. The Morgan fingerprint density at radius 1 is 1.50 bits per heavy atom. The van der Waals surface area contributed by atoms with Crippen LogP contribution >= 0.6 is 31.9 Å². The van der Waals surface area contributed by atoms with Gasteiger partial charge >= 0.3 is 0 Å². The van der Waals surface area contributed by atoms with Crippen LogP contribution in [0.25, 0.3) is 0 Å². The smallest absolute Gasteiger partial charge is 0.228 e. The number of halogens is 2. The zero-order chi connectivity index (χ0) is 11.7. The molecule has 1 unspecified atom stereocenters. The Balaban J connectivity index is 2.36. The third kappa shape index (κ3) is 2.25. The van der Waals surface area contributed by atoms with Crippen LogP contribution in [0.2, 0.25) is 0 Å². The molecule has 0 radical (unpaired) electrons. The molecule has 1 atom stereocenters. The summed E-state index contributed by atoms with van der Waals surface area (Å²) in [6.07, 6.45) is 0.569. The van der Waals surface area contributed by atoms with Crippen molar-refractivity contribution >= 4 is 49.1 Å². The molecule has 1 amide bonds. The SMILES string of the molecule is CNc1cc(Br)ccc1N1CC(Br)CC1=O. The van der Waals surface area contributed by atoms with E-state index in [1.807, 2.05) is 30.1 Å². The minimum absolute atomic E-state index is 0.167. The van der Waals surface area contributed by atoms with Crippen LogP contribution in [-0.4, -0.2) is 24.3 Å². The van der Waals surface area contributed by atoms with Crippen molar-refractivity contribution in [3.63, 3.8) is 0 Å². The van der Waals surface area contributed by atoms with E-state index in [0.29, 0.717) is 6.42 Å². The lowest BCUT2D eigenvalue weighted by atomic mass is 10.2. The van der Waals surface area contributed by atoms with Gasteiger partial charge in [0.05, 0.1) is 11.4 Å². The number of carbonyl (C=O) groups is 1. The molecule has 3 nitrogen and oxygen atoms in total. The minimum atomic E-state index is 0.167. The Labute approximate surface area is 111 Å². The first-order chi connectivity index (χ1) is 7.61. The monoisotopic (exact) mass is 346 g/mol. The van der Waals surface area contributed by atoms with E-state index in [9.17, 15) is 4.79 Å². The van der Waals surface area contributed by atoms with Gasteiger partial charge in [-0.3, -0.25) is 4.79 Å². The molecule has 1 fully saturated rings. The molecule has 0 aliphatic carbocycles. The molecular weight excluding hydrogens is 336 g/mol. The van der Waals surface area contributed by atoms with Gasteiger partial charge in [-0.15, -0.1) is 0 Å². The lowest BCUT2D eigenvalue weighted by Crippen LogP contribution is -2.25. The fourth-order valence-electron chi connectivity index (χ4n) is 1.84. The Hall–Kier alpha value is -0.550. The number of alkyl halides is 1. The third-order valence-electron chi connectivity index (χ3n) is 2.60. The number of anilines is 2.